The topological polar surface area (TPSA) is 73.2 Å². The largest absolute Gasteiger partial charge is 0.392 e. The van der Waals surface area contributed by atoms with Crippen LogP contribution in [0, 0.1) is 40.4 Å². The average Bonchev–Trinajstić information content (AvgIpc) is 3.07. The summed E-state index contributed by atoms with van der Waals surface area (Å²) in [7, 11) is 1.73. The highest BCUT2D eigenvalue weighted by Crippen LogP contribution is 2.78. The van der Waals surface area contributed by atoms with Crippen molar-refractivity contribution in [2.75, 3.05) is 20.2 Å². The van der Waals surface area contributed by atoms with Crippen LogP contribution in [0.3, 0.4) is 0 Å². The second-order valence-electron chi connectivity index (χ2n) is 11.1. The van der Waals surface area contributed by atoms with Gasteiger partial charge in [-0.3, -0.25) is 4.90 Å². The first-order chi connectivity index (χ1) is 12.8. The lowest BCUT2D eigenvalue weighted by molar-refractivity contribution is -0.266. The minimum absolute atomic E-state index is 0.0657. The molecule has 5 aliphatic carbocycles. The van der Waals surface area contributed by atoms with Gasteiger partial charge in [-0.2, -0.15) is 0 Å². The van der Waals surface area contributed by atoms with Gasteiger partial charge in [-0.05, 0) is 49.5 Å². The zero-order valence-corrected chi connectivity index (χ0v) is 16.8. The van der Waals surface area contributed by atoms with Gasteiger partial charge in [-0.15, -0.1) is 0 Å². The Hall–Kier alpha value is -0.200. The van der Waals surface area contributed by atoms with Crippen molar-refractivity contribution in [3.8, 4) is 0 Å². The lowest BCUT2D eigenvalue weighted by Crippen LogP contribution is -2.75. The highest BCUT2D eigenvalue weighted by molar-refractivity contribution is 5.32. The third-order valence-electron chi connectivity index (χ3n) is 10.7. The van der Waals surface area contributed by atoms with Crippen molar-refractivity contribution >= 4 is 0 Å². The average molecular weight is 378 g/mol. The molecule has 0 aromatic rings. The van der Waals surface area contributed by atoms with Crippen molar-refractivity contribution in [2.24, 2.45) is 40.4 Å². The minimum atomic E-state index is -0.858. The quantitative estimate of drug-likeness (QED) is 0.676. The summed E-state index contributed by atoms with van der Waals surface area (Å²) >= 11 is 0. The molecule has 1 spiro atoms. The van der Waals surface area contributed by atoms with Gasteiger partial charge in [0, 0.05) is 49.3 Å². The van der Waals surface area contributed by atoms with E-state index in [4.69, 9.17) is 4.74 Å². The van der Waals surface area contributed by atoms with Gasteiger partial charge in [0.2, 0.25) is 0 Å². The number of rotatable bonds is 2. The fraction of sp³-hybridized carbons (Fsp3) is 1.00. The van der Waals surface area contributed by atoms with Gasteiger partial charge in [0.1, 0.15) is 0 Å². The van der Waals surface area contributed by atoms with E-state index in [0.717, 1.165) is 38.8 Å². The molecule has 5 nitrogen and oxygen atoms in total. The Morgan fingerprint density at radius 1 is 1.19 bits per heavy atom. The molecule has 0 radical (unpaired) electrons. The van der Waals surface area contributed by atoms with Crippen molar-refractivity contribution < 1.29 is 20.1 Å². The van der Waals surface area contributed by atoms with Crippen LogP contribution in [0.25, 0.3) is 0 Å². The Morgan fingerprint density at radius 2 is 1.96 bits per heavy atom. The molecular weight excluding hydrogens is 342 g/mol. The van der Waals surface area contributed by atoms with Gasteiger partial charge >= 0.3 is 0 Å². The summed E-state index contributed by atoms with van der Waals surface area (Å²) in [5.74, 6) is 0.840. The maximum atomic E-state index is 12.1. The van der Waals surface area contributed by atoms with E-state index >= 15 is 0 Å². The van der Waals surface area contributed by atoms with Crippen LogP contribution in [-0.4, -0.2) is 70.4 Å². The lowest BCUT2D eigenvalue weighted by atomic mass is 9.43. The van der Waals surface area contributed by atoms with E-state index in [0.29, 0.717) is 12.3 Å². The van der Waals surface area contributed by atoms with Crippen molar-refractivity contribution in [1.82, 2.24) is 4.90 Å². The van der Waals surface area contributed by atoms with Crippen LogP contribution >= 0.6 is 0 Å². The van der Waals surface area contributed by atoms with Crippen LogP contribution in [0.2, 0.25) is 0 Å². The SMILES string of the molecule is CCN1C[C@]2(C)CCC(O)C34C5CC6C(OC)C[C@@](O)(C5C6O)C(CC32)[C@@H]14. The molecule has 3 N–H and O–H groups in total. The Kier molecular flexibility index (Phi) is 3.33. The van der Waals surface area contributed by atoms with Crippen molar-refractivity contribution in [1.29, 1.82) is 0 Å². The number of hydrogen-bond acceptors (Lipinski definition) is 5. The Bertz CT molecular complexity index is 673. The van der Waals surface area contributed by atoms with Gasteiger partial charge in [-0.25, -0.2) is 0 Å². The predicted octanol–water partition coefficient (Wildman–Crippen LogP) is 1.25. The van der Waals surface area contributed by atoms with Gasteiger partial charge in [0.15, 0.2) is 0 Å². The van der Waals surface area contributed by atoms with Gasteiger partial charge in [0.05, 0.1) is 23.9 Å². The number of fused-ring (bicyclic) bond motifs is 2. The summed E-state index contributed by atoms with van der Waals surface area (Å²) in [4.78, 5) is 2.60. The van der Waals surface area contributed by atoms with Gasteiger partial charge < -0.3 is 20.1 Å². The van der Waals surface area contributed by atoms with E-state index in [-0.39, 0.29) is 52.8 Å². The smallest absolute Gasteiger partial charge is 0.0771 e. The van der Waals surface area contributed by atoms with Crippen LogP contribution in [0.1, 0.15) is 46.0 Å². The van der Waals surface area contributed by atoms with Crippen LogP contribution in [0.15, 0.2) is 0 Å². The number of methoxy groups -OCH3 is 1. The Labute approximate surface area is 162 Å². The summed E-state index contributed by atoms with van der Waals surface area (Å²) in [6, 6.07) is 0.253. The maximum Gasteiger partial charge on any atom is 0.0771 e. The first-order valence-electron chi connectivity index (χ1n) is 11.2. The molecule has 152 valence electrons. The molecule has 6 rings (SSSR count). The normalized spacial score (nSPS) is 66.2. The molecule has 6 fully saturated rings. The zero-order valence-electron chi connectivity index (χ0n) is 16.8. The van der Waals surface area contributed by atoms with E-state index in [9.17, 15) is 15.3 Å². The fourth-order valence-corrected chi connectivity index (χ4v) is 10.1. The number of piperidine rings is 1. The molecule has 7 bridgehead atoms. The van der Waals surface area contributed by atoms with E-state index in [2.05, 4.69) is 18.7 Å². The first-order valence-corrected chi connectivity index (χ1v) is 11.2. The monoisotopic (exact) mass is 377 g/mol. The van der Waals surface area contributed by atoms with Crippen molar-refractivity contribution in [2.45, 2.75) is 75.9 Å². The van der Waals surface area contributed by atoms with Crippen LogP contribution in [-0.2, 0) is 4.74 Å². The summed E-state index contributed by atoms with van der Waals surface area (Å²) in [5, 5.41) is 34.9. The molecule has 27 heavy (non-hydrogen) atoms. The summed E-state index contributed by atoms with van der Waals surface area (Å²) < 4.78 is 5.79. The van der Waals surface area contributed by atoms with Crippen molar-refractivity contribution in [3.05, 3.63) is 0 Å². The zero-order chi connectivity index (χ0) is 18.9. The maximum absolute atomic E-state index is 12.1. The lowest BCUT2D eigenvalue weighted by Gasteiger charge is -2.68. The standard InChI is InChI=1S/C22H35NO4/c1-4-23-10-20(2)6-5-16(24)22-12-7-11-14(27-3)9-21(26,17(12)18(11)25)13(19(22)23)8-15(20)22/h11-19,24-26H,4-10H2,1-3H3/t11?,12?,13?,14?,15?,16?,17?,18?,19-,20+,21+,22?/m1/s1. The second kappa shape index (κ2) is 5.10. The van der Waals surface area contributed by atoms with Gasteiger partial charge in [-0.1, -0.05) is 13.8 Å². The molecule has 0 aromatic heterocycles. The Morgan fingerprint density at radius 3 is 2.67 bits per heavy atom. The van der Waals surface area contributed by atoms with E-state index < -0.39 is 11.7 Å². The highest BCUT2D eigenvalue weighted by atomic mass is 16.5. The molecule has 1 heterocycles. The van der Waals surface area contributed by atoms with Crippen molar-refractivity contribution in [3.63, 3.8) is 0 Å². The third-order valence-corrected chi connectivity index (χ3v) is 10.7. The molecular formula is C22H35NO4. The van der Waals surface area contributed by atoms with Crippen LogP contribution in [0.5, 0.6) is 0 Å². The number of nitrogens with zero attached hydrogens (tertiary/aromatic N) is 1. The summed E-state index contributed by atoms with van der Waals surface area (Å²) in [5.41, 5.74) is -0.788. The fourth-order valence-electron chi connectivity index (χ4n) is 10.1. The Balaban J connectivity index is 1.59. The number of aliphatic hydroxyl groups excluding tert-OH is 2. The molecule has 5 heteroatoms. The van der Waals surface area contributed by atoms with E-state index in [1.807, 2.05) is 0 Å². The molecule has 12 atom stereocenters. The molecule has 0 aromatic carbocycles. The predicted molar refractivity (Wildman–Crippen MR) is 99.9 cm³/mol. The first kappa shape index (κ1) is 17.6. The summed E-state index contributed by atoms with van der Waals surface area (Å²) in [6.07, 6.45) is 3.66. The van der Waals surface area contributed by atoms with Gasteiger partial charge in [0.25, 0.3) is 0 Å². The number of ether oxygens (including phenoxy) is 1. The number of hydrogen-bond donors (Lipinski definition) is 3. The molecule has 0 amide bonds. The van der Waals surface area contributed by atoms with Crippen LogP contribution in [0.4, 0.5) is 0 Å². The third kappa shape index (κ3) is 1.66. The van der Waals surface area contributed by atoms with E-state index in [1.165, 1.54) is 0 Å². The minimum Gasteiger partial charge on any atom is -0.392 e. The molecule has 1 aliphatic heterocycles. The van der Waals surface area contributed by atoms with Crippen LogP contribution < -0.4 is 0 Å². The summed E-state index contributed by atoms with van der Waals surface area (Å²) in [6.45, 7) is 6.74. The molecule has 6 aliphatic rings. The number of likely N-dealkylation sites (tertiary alicyclic amines) is 1. The molecule has 1 saturated heterocycles. The molecule has 9 unspecified atom stereocenters. The highest BCUT2D eigenvalue weighted by Gasteiger charge is 2.82. The molecule has 5 saturated carbocycles. The second-order valence-corrected chi connectivity index (χ2v) is 11.1. The van der Waals surface area contributed by atoms with E-state index in [1.54, 1.807) is 7.11 Å². The number of aliphatic hydroxyl groups is 3.